The molecule has 16 heteroatoms. The number of rotatable bonds is 32. The first-order valence-electron chi connectivity index (χ1n) is 19.2. The maximum absolute atomic E-state index is 13.0. The highest BCUT2D eigenvalue weighted by Crippen LogP contribution is 2.31. The number of esters is 2. The molecule has 0 aromatic rings. The minimum absolute atomic E-state index is 0.0163. The molecule has 51 heavy (non-hydrogen) atoms. The molecule has 0 spiro atoms. The van der Waals surface area contributed by atoms with E-state index in [1.807, 2.05) is 0 Å². The topological polar surface area (TPSA) is 198 Å². The van der Waals surface area contributed by atoms with Crippen molar-refractivity contribution in [3.63, 3.8) is 0 Å². The smallest absolute Gasteiger partial charge is 0.397 e. The van der Waals surface area contributed by atoms with E-state index in [0.29, 0.717) is 12.8 Å². The van der Waals surface area contributed by atoms with E-state index in [-0.39, 0.29) is 12.8 Å². The van der Waals surface area contributed by atoms with Crippen LogP contribution in [0.3, 0.4) is 0 Å². The highest BCUT2D eigenvalue weighted by molar-refractivity contribution is 7.81. The molecule has 0 aromatic heterocycles. The number of carbonyl (C=O) groups is 2. The first-order chi connectivity index (χ1) is 24.3. The van der Waals surface area contributed by atoms with Crippen LogP contribution < -0.4 is 0 Å². The first kappa shape index (κ1) is 47.6. The van der Waals surface area contributed by atoms with E-state index in [0.717, 1.165) is 51.4 Å². The first-order valence-corrected chi connectivity index (χ1v) is 21.9. The van der Waals surface area contributed by atoms with E-state index in [2.05, 4.69) is 18.0 Å². The van der Waals surface area contributed by atoms with Gasteiger partial charge in [-0.3, -0.25) is 18.7 Å². The molecule has 0 aromatic carbocycles. The average Bonchev–Trinajstić information content (AvgIpc) is 3.06. The third-order valence-electron chi connectivity index (χ3n) is 8.94. The summed E-state index contributed by atoms with van der Waals surface area (Å²) in [7, 11) is -9.09. The number of ether oxygens (including phenoxy) is 4. The molecular weight excluding hydrogens is 709 g/mol. The van der Waals surface area contributed by atoms with Crippen molar-refractivity contribution in [2.45, 2.75) is 199 Å². The van der Waals surface area contributed by atoms with Gasteiger partial charge in [-0.1, -0.05) is 142 Å². The van der Waals surface area contributed by atoms with Crippen molar-refractivity contribution in [1.82, 2.24) is 0 Å². The van der Waals surface area contributed by atoms with Crippen LogP contribution in [0.1, 0.15) is 168 Å². The molecule has 1 heterocycles. The summed E-state index contributed by atoms with van der Waals surface area (Å²) in [6.07, 6.45) is 15.2. The van der Waals surface area contributed by atoms with Crippen molar-refractivity contribution >= 4 is 32.7 Å². The Morgan fingerprint density at radius 2 is 0.922 bits per heavy atom. The molecule has 14 nitrogen and oxygen atoms in total. The molecule has 1 saturated heterocycles. The van der Waals surface area contributed by atoms with E-state index < -0.39 is 70.0 Å². The Hall–Kier alpha value is -1.40. The summed E-state index contributed by atoms with van der Waals surface area (Å²) in [4.78, 5) is 26.0. The minimum Gasteiger partial charge on any atom is -0.455 e. The maximum Gasteiger partial charge on any atom is 0.397 e. The molecule has 302 valence electrons. The number of unbranched alkanes of at least 4 members (excludes halogenated alkanes) is 20. The van der Waals surface area contributed by atoms with Crippen molar-refractivity contribution in [3.05, 3.63) is 0 Å². The van der Waals surface area contributed by atoms with Crippen LogP contribution in [0.4, 0.5) is 0 Å². The Kier molecular flexibility index (Phi) is 26.2. The lowest BCUT2D eigenvalue weighted by Crippen LogP contribution is -2.62. The fourth-order valence-corrected chi connectivity index (χ4v) is 6.98. The largest absolute Gasteiger partial charge is 0.455 e. The zero-order valence-corrected chi connectivity index (χ0v) is 32.8. The van der Waals surface area contributed by atoms with E-state index >= 15 is 0 Å². The molecular formula is C35H66O14S2. The van der Waals surface area contributed by atoms with Crippen LogP contribution in [0.15, 0.2) is 0 Å². The van der Waals surface area contributed by atoms with Crippen molar-refractivity contribution in [2.24, 2.45) is 0 Å². The van der Waals surface area contributed by atoms with Crippen molar-refractivity contribution < 1.29 is 62.8 Å². The van der Waals surface area contributed by atoms with Gasteiger partial charge >= 0.3 is 32.7 Å². The van der Waals surface area contributed by atoms with Crippen LogP contribution in [0.2, 0.25) is 0 Å². The second-order valence-electron chi connectivity index (χ2n) is 13.5. The summed E-state index contributed by atoms with van der Waals surface area (Å²) in [5.41, 5.74) is 0. The monoisotopic (exact) mass is 774 g/mol. The van der Waals surface area contributed by atoms with Gasteiger partial charge in [0.25, 0.3) is 0 Å². The molecule has 5 atom stereocenters. The van der Waals surface area contributed by atoms with E-state index in [1.165, 1.54) is 84.2 Å². The lowest BCUT2D eigenvalue weighted by atomic mass is 9.98. The van der Waals surface area contributed by atoms with Crippen LogP contribution in [-0.2, 0) is 57.7 Å². The van der Waals surface area contributed by atoms with Gasteiger partial charge in [-0.05, 0) is 12.8 Å². The summed E-state index contributed by atoms with van der Waals surface area (Å²) in [6.45, 7) is 3.37. The lowest BCUT2D eigenvalue weighted by molar-refractivity contribution is -0.295. The quantitative estimate of drug-likeness (QED) is 0.0385. The van der Waals surface area contributed by atoms with Gasteiger partial charge in [-0.2, -0.15) is 16.8 Å². The van der Waals surface area contributed by atoms with Crippen LogP contribution >= 0.6 is 0 Å². The Balaban J connectivity index is 2.84. The summed E-state index contributed by atoms with van der Waals surface area (Å²) < 4.78 is 96.3. The molecule has 0 unspecified atom stereocenters. The second kappa shape index (κ2) is 28.1. The molecule has 0 saturated carbocycles. The highest BCUT2D eigenvalue weighted by atomic mass is 32.3. The second-order valence-corrected chi connectivity index (χ2v) is 15.6. The van der Waals surface area contributed by atoms with Crippen molar-refractivity contribution in [2.75, 3.05) is 13.7 Å². The number of methoxy groups -OCH3 is 1. The molecule has 0 aliphatic carbocycles. The van der Waals surface area contributed by atoms with E-state index in [4.69, 9.17) is 27.7 Å². The number of hydrogen-bond acceptors (Lipinski definition) is 12. The molecule has 1 rings (SSSR count). The fourth-order valence-electron chi connectivity index (χ4n) is 6.16. The number of hydrogen-bond donors (Lipinski definition) is 2. The molecule has 2 N–H and O–H groups in total. The van der Waals surface area contributed by atoms with E-state index in [9.17, 15) is 31.0 Å². The summed E-state index contributed by atoms with van der Waals surface area (Å²) in [5.74, 6) is -1.45. The van der Waals surface area contributed by atoms with Crippen molar-refractivity contribution in [3.8, 4) is 0 Å². The maximum atomic E-state index is 13.0. The molecule has 1 fully saturated rings. The van der Waals surface area contributed by atoms with E-state index in [1.54, 1.807) is 0 Å². The van der Waals surface area contributed by atoms with Gasteiger partial charge in [0.1, 0.15) is 12.2 Å². The zero-order valence-electron chi connectivity index (χ0n) is 31.2. The van der Waals surface area contributed by atoms with Gasteiger partial charge in [-0.25, -0.2) is 8.37 Å². The zero-order chi connectivity index (χ0) is 38.0. The SMILES string of the molecule is CCCCCCCCCCCCCC(=O)O[C@@H]1[C@@H](OC(=O)CCCCCCCCCCCCC)[C@@H](OC)O[C@H](COS(=O)(=O)O)[C@H]1OS(=O)(=O)O. The predicted octanol–water partition coefficient (Wildman–Crippen LogP) is 7.59. The molecule has 0 radical (unpaired) electrons. The average molecular weight is 775 g/mol. The minimum atomic E-state index is -5.25. The fraction of sp³-hybridized carbons (Fsp3) is 0.943. The summed E-state index contributed by atoms with van der Waals surface area (Å²) >= 11 is 0. The van der Waals surface area contributed by atoms with Gasteiger partial charge in [0.15, 0.2) is 18.5 Å². The molecule has 1 aliphatic heterocycles. The third-order valence-corrected chi connectivity index (χ3v) is 9.84. The van der Waals surface area contributed by atoms with Crippen LogP contribution in [0, 0.1) is 0 Å². The Morgan fingerprint density at radius 1 is 0.549 bits per heavy atom. The van der Waals surface area contributed by atoms with Gasteiger partial charge < -0.3 is 18.9 Å². The highest BCUT2D eigenvalue weighted by Gasteiger charge is 2.53. The molecule has 1 aliphatic rings. The summed E-state index contributed by atoms with van der Waals surface area (Å²) in [5, 5.41) is 0. The Morgan fingerprint density at radius 3 is 1.27 bits per heavy atom. The molecule has 0 bridgehead atoms. The predicted molar refractivity (Wildman–Crippen MR) is 192 cm³/mol. The van der Waals surface area contributed by atoms with Gasteiger partial charge in [0.2, 0.25) is 0 Å². The lowest BCUT2D eigenvalue weighted by Gasteiger charge is -2.43. The van der Waals surface area contributed by atoms with Crippen LogP contribution in [0.25, 0.3) is 0 Å². The normalized spacial score (nSPS) is 21.1. The number of carbonyl (C=O) groups excluding carboxylic acids is 2. The van der Waals surface area contributed by atoms with Gasteiger partial charge in [0.05, 0.1) is 6.61 Å². The summed E-state index contributed by atoms with van der Waals surface area (Å²) in [6, 6.07) is 0. The van der Waals surface area contributed by atoms with Crippen LogP contribution in [0.5, 0.6) is 0 Å². The van der Waals surface area contributed by atoms with Crippen molar-refractivity contribution in [1.29, 1.82) is 0 Å². The van der Waals surface area contributed by atoms with Crippen LogP contribution in [-0.4, -0.2) is 82.3 Å². The third kappa shape index (κ3) is 24.5. The van der Waals surface area contributed by atoms with Gasteiger partial charge in [0, 0.05) is 20.0 Å². The Labute approximate surface area is 307 Å². The van der Waals surface area contributed by atoms with Gasteiger partial charge in [-0.15, -0.1) is 0 Å². The standard InChI is InChI=1S/C35H66O14S2/c1-4-6-8-10-12-14-16-18-20-22-24-26-30(36)47-33-32(49-51(41,42)43)29(28-45-50(38,39)40)46-35(44-3)34(33)48-31(37)27-25-23-21-19-17-15-13-11-9-7-5-2/h29,32-35H,4-28H2,1-3H3,(H,38,39,40)(H,41,42,43)/t29-,32-,33+,34-,35+/m1/s1. The Bertz CT molecular complexity index is 1130. The molecule has 0 amide bonds.